The molecule has 2 aromatic rings. The summed E-state index contributed by atoms with van der Waals surface area (Å²) in [6.45, 7) is 1.66. The Kier molecular flexibility index (Phi) is 5.62. The fourth-order valence-corrected chi connectivity index (χ4v) is 2.09. The maximum absolute atomic E-state index is 11.9. The number of nitrogens with one attached hydrogen (secondary N) is 1. The Morgan fingerprint density at radius 3 is 2.58 bits per heavy atom. The summed E-state index contributed by atoms with van der Waals surface area (Å²) in [7, 11) is 1.37. The fraction of sp³-hybridized carbons (Fsp3) is 0.176. The first-order valence-electron chi connectivity index (χ1n) is 7.21. The van der Waals surface area contributed by atoms with Crippen molar-refractivity contribution in [2.75, 3.05) is 7.11 Å². The van der Waals surface area contributed by atoms with E-state index >= 15 is 0 Å². The molecule has 0 fully saturated rings. The monoisotopic (exact) mass is 327 g/mol. The van der Waals surface area contributed by atoms with Crippen molar-refractivity contribution in [2.45, 2.75) is 13.3 Å². The van der Waals surface area contributed by atoms with E-state index in [2.05, 4.69) is 10.5 Å². The van der Waals surface area contributed by atoms with Crippen molar-refractivity contribution in [2.24, 2.45) is 5.10 Å². The van der Waals surface area contributed by atoms with Crippen molar-refractivity contribution in [3.05, 3.63) is 69.8 Å². The third kappa shape index (κ3) is 4.39. The number of ether oxygens (including phenoxy) is 1. The van der Waals surface area contributed by atoms with Gasteiger partial charge in [-0.1, -0.05) is 30.3 Å². The molecule has 2 aromatic carbocycles. The van der Waals surface area contributed by atoms with E-state index in [1.807, 2.05) is 30.3 Å². The van der Waals surface area contributed by atoms with E-state index in [1.165, 1.54) is 19.2 Å². The number of carbonyl (C=O) groups is 1. The first-order chi connectivity index (χ1) is 11.5. The largest absolute Gasteiger partial charge is 0.490 e. The van der Waals surface area contributed by atoms with Crippen molar-refractivity contribution in [1.29, 1.82) is 0 Å². The standard InChI is InChI=1S/C17H17N3O4/c1-12(14-8-9-16(24-2)15(11-14)20(22)23)18-19-17(21)10-13-6-4-3-5-7-13/h3-9,11H,10H2,1-2H3,(H,19,21)/b18-12+. The molecule has 0 unspecified atom stereocenters. The van der Waals surface area contributed by atoms with Crippen LogP contribution in [0.15, 0.2) is 53.6 Å². The van der Waals surface area contributed by atoms with E-state index < -0.39 is 4.92 Å². The Morgan fingerprint density at radius 2 is 1.96 bits per heavy atom. The van der Waals surface area contributed by atoms with Crippen LogP contribution in [0.3, 0.4) is 0 Å². The summed E-state index contributed by atoms with van der Waals surface area (Å²) >= 11 is 0. The summed E-state index contributed by atoms with van der Waals surface area (Å²) in [6.07, 6.45) is 0.209. The van der Waals surface area contributed by atoms with E-state index in [0.717, 1.165) is 5.56 Å². The van der Waals surface area contributed by atoms with Gasteiger partial charge in [0.25, 0.3) is 0 Å². The number of hydrogen-bond acceptors (Lipinski definition) is 5. The number of benzene rings is 2. The van der Waals surface area contributed by atoms with Crippen LogP contribution in [0.1, 0.15) is 18.1 Å². The van der Waals surface area contributed by atoms with Crippen LogP contribution in [0.5, 0.6) is 5.75 Å². The van der Waals surface area contributed by atoms with Gasteiger partial charge < -0.3 is 4.74 Å². The topological polar surface area (TPSA) is 93.8 Å². The molecule has 1 N–H and O–H groups in total. The fourth-order valence-electron chi connectivity index (χ4n) is 2.09. The van der Waals surface area contributed by atoms with Crippen LogP contribution >= 0.6 is 0 Å². The van der Waals surface area contributed by atoms with E-state index in [-0.39, 0.29) is 23.8 Å². The molecule has 0 aliphatic carbocycles. The number of hydrogen-bond donors (Lipinski definition) is 1. The Hall–Kier alpha value is -3.22. The summed E-state index contributed by atoms with van der Waals surface area (Å²) < 4.78 is 4.95. The molecule has 1 amide bonds. The maximum Gasteiger partial charge on any atom is 0.311 e. The predicted octanol–water partition coefficient (Wildman–Crippen LogP) is 2.69. The normalized spacial score (nSPS) is 11.0. The summed E-state index contributed by atoms with van der Waals surface area (Å²) in [5.41, 5.74) is 4.17. The lowest BCUT2D eigenvalue weighted by Gasteiger charge is -2.06. The first-order valence-corrected chi connectivity index (χ1v) is 7.21. The highest BCUT2D eigenvalue weighted by molar-refractivity contribution is 6.00. The molecule has 7 nitrogen and oxygen atoms in total. The molecule has 0 bridgehead atoms. The van der Waals surface area contributed by atoms with Gasteiger partial charge in [0.05, 0.1) is 24.2 Å². The Balaban J connectivity index is 2.09. The van der Waals surface area contributed by atoms with Crippen molar-refractivity contribution in [3.8, 4) is 5.75 Å². The molecule has 2 rings (SSSR count). The van der Waals surface area contributed by atoms with Crippen molar-refractivity contribution < 1.29 is 14.5 Å². The van der Waals surface area contributed by atoms with Gasteiger partial charge in [-0.3, -0.25) is 14.9 Å². The quantitative estimate of drug-likeness (QED) is 0.501. The molecule has 0 aliphatic heterocycles. The molecule has 0 spiro atoms. The predicted molar refractivity (Wildman–Crippen MR) is 90.1 cm³/mol. The molecule has 0 radical (unpaired) electrons. The van der Waals surface area contributed by atoms with Crippen molar-refractivity contribution in [1.82, 2.24) is 5.43 Å². The van der Waals surface area contributed by atoms with E-state index in [1.54, 1.807) is 13.0 Å². The number of amides is 1. The number of hydrazone groups is 1. The smallest absolute Gasteiger partial charge is 0.311 e. The summed E-state index contributed by atoms with van der Waals surface area (Å²) in [5.74, 6) is -0.0896. The van der Waals surface area contributed by atoms with Gasteiger partial charge in [-0.2, -0.15) is 5.10 Å². The molecule has 0 saturated heterocycles. The van der Waals surface area contributed by atoms with Crippen LogP contribution < -0.4 is 10.2 Å². The number of nitro benzene ring substituents is 1. The molecule has 0 aromatic heterocycles. The number of nitro groups is 1. The zero-order valence-electron chi connectivity index (χ0n) is 13.4. The van der Waals surface area contributed by atoms with Crippen LogP contribution in [0.25, 0.3) is 0 Å². The molecule has 0 atom stereocenters. The average molecular weight is 327 g/mol. The van der Waals surface area contributed by atoms with Gasteiger partial charge in [0, 0.05) is 11.6 Å². The summed E-state index contributed by atoms with van der Waals surface area (Å²) in [5, 5.41) is 15.0. The molecule has 24 heavy (non-hydrogen) atoms. The third-order valence-corrected chi connectivity index (χ3v) is 3.35. The van der Waals surface area contributed by atoms with Gasteiger partial charge in [-0.05, 0) is 24.6 Å². The minimum absolute atomic E-state index is 0.153. The lowest BCUT2D eigenvalue weighted by Crippen LogP contribution is -2.21. The number of rotatable bonds is 6. The first kappa shape index (κ1) is 17.1. The van der Waals surface area contributed by atoms with Crippen molar-refractivity contribution >= 4 is 17.3 Å². The molecule has 0 aliphatic rings. The van der Waals surface area contributed by atoms with E-state index in [9.17, 15) is 14.9 Å². The number of carbonyl (C=O) groups excluding carboxylic acids is 1. The second-order valence-corrected chi connectivity index (χ2v) is 5.04. The van der Waals surface area contributed by atoms with Crippen LogP contribution in [0, 0.1) is 10.1 Å². The van der Waals surface area contributed by atoms with Crippen LogP contribution in [0.2, 0.25) is 0 Å². The lowest BCUT2D eigenvalue weighted by atomic mass is 10.1. The second kappa shape index (κ2) is 7.87. The van der Waals surface area contributed by atoms with E-state index in [4.69, 9.17) is 4.74 Å². The maximum atomic E-state index is 11.9. The van der Waals surface area contributed by atoms with Gasteiger partial charge in [0.15, 0.2) is 5.75 Å². The Bertz CT molecular complexity index is 773. The van der Waals surface area contributed by atoms with E-state index in [0.29, 0.717) is 11.3 Å². The molecule has 7 heteroatoms. The molecular formula is C17H17N3O4. The molecule has 0 heterocycles. The van der Waals surface area contributed by atoms with Gasteiger partial charge in [-0.15, -0.1) is 0 Å². The highest BCUT2D eigenvalue weighted by Gasteiger charge is 2.16. The average Bonchev–Trinajstić information content (AvgIpc) is 2.59. The van der Waals surface area contributed by atoms with Crippen molar-refractivity contribution in [3.63, 3.8) is 0 Å². The van der Waals surface area contributed by atoms with Crippen LogP contribution in [-0.4, -0.2) is 23.7 Å². The molecule has 124 valence electrons. The molecule has 0 saturated carbocycles. The Labute approximate surface area is 139 Å². The van der Waals surface area contributed by atoms with Gasteiger partial charge in [0.2, 0.25) is 5.91 Å². The zero-order valence-corrected chi connectivity index (χ0v) is 13.4. The summed E-state index contributed by atoms with van der Waals surface area (Å²) in [4.78, 5) is 22.4. The molecular weight excluding hydrogens is 310 g/mol. The second-order valence-electron chi connectivity index (χ2n) is 5.04. The number of nitrogens with zero attached hydrogens (tertiary/aromatic N) is 2. The highest BCUT2D eigenvalue weighted by Crippen LogP contribution is 2.27. The Morgan fingerprint density at radius 1 is 1.25 bits per heavy atom. The highest BCUT2D eigenvalue weighted by atomic mass is 16.6. The minimum Gasteiger partial charge on any atom is -0.490 e. The minimum atomic E-state index is -0.524. The lowest BCUT2D eigenvalue weighted by molar-refractivity contribution is -0.385. The van der Waals surface area contributed by atoms with Gasteiger partial charge in [-0.25, -0.2) is 5.43 Å². The zero-order chi connectivity index (χ0) is 17.5. The number of methoxy groups -OCH3 is 1. The SMILES string of the molecule is COc1ccc(/C(C)=N/NC(=O)Cc2ccccc2)cc1[N+](=O)[O-]. The van der Waals surface area contributed by atoms with Gasteiger partial charge >= 0.3 is 5.69 Å². The van der Waals surface area contributed by atoms with Gasteiger partial charge in [0.1, 0.15) is 0 Å². The third-order valence-electron chi connectivity index (χ3n) is 3.35. The summed E-state index contributed by atoms with van der Waals surface area (Å²) in [6, 6.07) is 13.8. The van der Waals surface area contributed by atoms with Crippen LogP contribution in [0.4, 0.5) is 5.69 Å². The van der Waals surface area contributed by atoms with Crippen LogP contribution in [-0.2, 0) is 11.2 Å².